The minimum atomic E-state index is 0.296. The van der Waals surface area contributed by atoms with Crippen LogP contribution in [0.4, 0.5) is 0 Å². The van der Waals surface area contributed by atoms with Crippen LogP contribution in [0.15, 0.2) is 4.99 Å². The van der Waals surface area contributed by atoms with Crippen molar-refractivity contribution in [2.24, 2.45) is 12.0 Å². The number of unbranched alkanes of at least 4 members (excludes halogenated alkanes) is 1. The van der Waals surface area contributed by atoms with Gasteiger partial charge in [-0.1, -0.05) is 13.3 Å². The summed E-state index contributed by atoms with van der Waals surface area (Å²) in [5.74, 6) is 2.78. The van der Waals surface area contributed by atoms with Crippen LogP contribution in [0.5, 0.6) is 0 Å². The molecule has 8 heteroatoms. The quantitative estimate of drug-likeness (QED) is 0.406. The summed E-state index contributed by atoms with van der Waals surface area (Å²) >= 11 is 0. The third kappa shape index (κ3) is 6.67. The fraction of sp³-hybridized carbons (Fsp3) is 0.857. The Bertz CT molecular complexity index is 633. The zero-order chi connectivity index (χ0) is 20.5. The van der Waals surface area contributed by atoms with Gasteiger partial charge in [0.25, 0.3) is 0 Å². The Morgan fingerprint density at radius 3 is 2.72 bits per heavy atom. The van der Waals surface area contributed by atoms with Gasteiger partial charge in [-0.2, -0.15) is 0 Å². The van der Waals surface area contributed by atoms with Crippen molar-refractivity contribution in [1.82, 2.24) is 25.0 Å². The standard InChI is InChI=1S/C21H38N6O2/c1-4-5-11-22-21(23-15-20-25-24-17(2)26(20)3)27-12-9-18(10-13-27)29-16-19-8-6-7-14-28-19/h18-19H,4-16H2,1-3H3,(H,22,23). The average Bonchev–Trinajstić information content (AvgIpc) is 3.08. The monoisotopic (exact) mass is 406 g/mol. The first kappa shape index (κ1) is 22.0. The lowest BCUT2D eigenvalue weighted by Crippen LogP contribution is -2.47. The molecule has 0 aliphatic carbocycles. The van der Waals surface area contributed by atoms with E-state index in [9.17, 15) is 0 Å². The molecule has 1 aromatic rings. The molecule has 1 N–H and O–H groups in total. The molecule has 1 unspecified atom stereocenters. The largest absolute Gasteiger partial charge is 0.376 e. The number of nitrogens with one attached hydrogen (secondary N) is 1. The number of rotatable bonds is 8. The van der Waals surface area contributed by atoms with Crippen LogP contribution in [-0.2, 0) is 23.1 Å². The predicted octanol–water partition coefficient (Wildman–Crippen LogP) is 2.42. The highest BCUT2D eigenvalue weighted by molar-refractivity contribution is 5.80. The first-order valence-corrected chi connectivity index (χ1v) is 11.3. The zero-order valence-corrected chi connectivity index (χ0v) is 18.4. The highest BCUT2D eigenvalue weighted by Gasteiger charge is 2.24. The van der Waals surface area contributed by atoms with Crippen LogP contribution in [0.3, 0.4) is 0 Å². The third-order valence-electron chi connectivity index (χ3n) is 5.90. The first-order chi connectivity index (χ1) is 14.2. The van der Waals surface area contributed by atoms with Crippen LogP contribution in [-0.4, -0.2) is 70.7 Å². The lowest BCUT2D eigenvalue weighted by molar-refractivity contribution is -0.0721. The van der Waals surface area contributed by atoms with Crippen molar-refractivity contribution in [3.05, 3.63) is 11.6 Å². The molecule has 2 saturated heterocycles. The summed E-state index contributed by atoms with van der Waals surface area (Å²) < 4.78 is 14.0. The molecule has 0 spiro atoms. The molecule has 2 fully saturated rings. The van der Waals surface area contributed by atoms with E-state index >= 15 is 0 Å². The fourth-order valence-electron chi connectivity index (χ4n) is 3.80. The van der Waals surface area contributed by atoms with Gasteiger partial charge >= 0.3 is 0 Å². The van der Waals surface area contributed by atoms with Gasteiger partial charge in [-0.25, -0.2) is 4.99 Å². The summed E-state index contributed by atoms with van der Waals surface area (Å²) in [4.78, 5) is 7.21. The summed E-state index contributed by atoms with van der Waals surface area (Å²) in [6, 6.07) is 0. The molecule has 29 heavy (non-hydrogen) atoms. The number of aryl methyl sites for hydroxylation is 1. The number of hydrogen-bond donors (Lipinski definition) is 1. The van der Waals surface area contributed by atoms with Gasteiger partial charge in [-0.3, -0.25) is 0 Å². The number of aromatic nitrogens is 3. The molecule has 3 heterocycles. The van der Waals surface area contributed by atoms with Crippen LogP contribution < -0.4 is 5.32 Å². The predicted molar refractivity (Wildman–Crippen MR) is 114 cm³/mol. The Balaban J connectivity index is 1.50. The van der Waals surface area contributed by atoms with Crippen LogP contribution in [0.2, 0.25) is 0 Å². The van der Waals surface area contributed by atoms with Crippen molar-refractivity contribution < 1.29 is 9.47 Å². The molecule has 2 aliphatic rings. The van der Waals surface area contributed by atoms with Gasteiger partial charge in [-0.05, 0) is 45.4 Å². The van der Waals surface area contributed by atoms with Crippen LogP contribution in [0.1, 0.15) is 63.5 Å². The Morgan fingerprint density at radius 2 is 2.07 bits per heavy atom. The molecule has 0 radical (unpaired) electrons. The summed E-state index contributed by atoms with van der Waals surface area (Å²) in [5, 5.41) is 11.9. The fourth-order valence-corrected chi connectivity index (χ4v) is 3.80. The van der Waals surface area contributed by atoms with Crippen molar-refractivity contribution in [3.63, 3.8) is 0 Å². The smallest absolute Gasteiger partial charge is 0.194 e. The molecular weight excluding hydrogens is 368 g/mol. The molecule has 0 amide bonds. The molecule has 164 valence electrons. The van der Waals surface area contributed by atoms with Gasteiger partial charge in [-0.15, -0.1) is 10.2 Å². The van der Waals surface area contributed by atoms with Crippen molar-refractivity contribution in [2.45, 2.75) is 77.5 Å². The SMILES string of the molecule is CCCCNC(=NCc1nnc(C)n1C)N1CCC(OCC2CCCCO2)CC1. The maximum Gasteiger partial charge on any atom is 0.194 e. The first-order valence-electron chi connectivity index (χ1n) is 11.3. The molecule has 8 nitrogen and oxygen atoms in total. The van der Waals surface area contributed by atoms with E-state index in [2.05, 4.69) is 27.3 Å². The summed E-state index contributed by atoms with van der Waals surface area (Å²) in [6.07, 6.45) is 8.59. The number of guanidine groups is 1. The normalized spacial score (nSPS) is 21.6. The van der Waals surface area contributed by atoms with Crippen LogP contribution in [0.25, 0.3) is 0 Å². The maximum absolute atomic E-state index is 6.16. The van der Waals surface area contributed by atoms with E-state index in [4.69, 9.17) is 14.5 Å². The summed E-state index contributed by atoms with van der Waals surface area (Å²) in [6.45, 7) is 9.22. The molecule has 0 saturated carbocycles. The highest BCUT2D eigenvalue weighted by Crippen LogP contribution is 2.18. The van der Waals surface area contributed by atoms with Crippen LogP contribution in [0, 0.1) is 6.92 Å². The van der Waals surface area contributed by atoms with Crippen molar-refractivity contribution >= 4 is 5.96 Å². The molecule has 0 aromatic carbocycles. The molecule has 0 bridgehead atoms. The van der Waals surface area contributed by atoms with E-state index in [-0.39, 0.29) is 0 Å². The van der Waals surface area contributed by atoms with Gasteiger partial charge in [0.15, 0.2) is 11.8 Å². The van der Waals surface area contributed by atoms with E-state index in [0.717, 1.165) is 76.1 Å². The topological polar surface area (TPSA) is 76.8 Å². The number of nitrogens with zero attached hydrogens (tertiary/aromatic N) is 5. The van der Waals surface area contributed by atoms with Gasteiger partial charge < -0.3 is 24.3 Å². The second kappa shape index (κ2) is 11.5. The molecule has 2 aliphatic heterocycles. The molecule has 3 rings (SSSR count). The second-order valence-electron chi connectivity index (χ2n) is 8.15. The lowest BCUT2D eigenvalue weighted by Gasteiger charge is -2.35. The summed E-state index contributed by atoms with van der Waals surface area (Å²) in [7, 11) is 1.99. The average molecular weight is 407 g/mol. The van der Waals surface area contributed by atoms with Gasteiger partial charge in [0, 0.05) is 33.3 Å². The van der Waals surface area contributed by atoms with Gasteiger partial charge in [0.1, 0.15) is 12.4 Å². The van der Waals surface area contributed by atoms with E-state index < -0.39 is 0 Å². The molecule has 1 aromatic heterocycles. The van der Waals surface area contributed by atoms with Crippen LogP contribution >= 0.6 is 0 Å². The second-order valence-corrected chi connectivity index (χ2v) is 8.15. The minimum Gasteiger partial charge on any atom is -0.376 e. The van der Waals surface area contributed by atoms with Gasteiger partial charge in [0.2, 0.25) is 0 Å². The lowest BCUT2D eigenvalue weighted by atomic mass is 10.1. The number of hydrogen-bond acceptors (Lipinski definition) is 5. The highest BCUT2D eigenvalue weighted by atomic mass is 16.5. The Hall–Kier alpha value is -1.67. The summed E-state index contributed by atoms with van der Waals surface area (Å²) in [5.41, 5.74) is 0. The maximum atomic E-state index is 6.16. The zero-order valence-electron chi connectivity index (χ0n) is 18.4. The number of ether oxygens (including phenoxy) is 2. The van der Waals surface area contributed by atoms with Crippen molar-refractivity contribution in [2.75, 3.05) is 32.8 Å². The molecule has 1 atom stereocenters. The number of piperidine rings is 1. The molecular formula is C21H38N6O2. The van der Waals surface area contributed by atoms with E-state index in [1.165, 1.54) is 19.3 Å². The Labute approximate surface area is 175 Å². The van der Waals surface area contributed by atoms with Gasteiger partial charge in [0.05, 0.1) is 18.8 Å². The van der Waals surface area contributed by atoms with E-state index in [0.29, 0.717) is 18.8 Å². The number of likely N-dealkylation sites (tertiary alicyclic amines) is 1. The Kier molecular flexibility index (Phi) is 8.73. The van der Waals surface area contributed by atoms with Crippen molar-refractivity contribution in [3.8, 4) is 0 Å². The third-order valence-corrected chi connectivity index (χ3v) is 5.90. The van der Waals surface area contributed by atoms with E-state index in [1.807, 2.05) is 18.5 Å². The minimum absolute atomic E-state index is 0.296. The number of aliphatic imine (C=N–C) groups is 1. The van der Waals surface area contributed by atoms with E-state index in [1.54, 1.807) is 0 Å². The Morgan fingerprint density at radius 1 is 1.24 bits per heavy atom. The van der Waals surface area contributed by atoms with Crippen molar-refractivity contribution in [1.29, 1.82) is 0 Å².